The average Bonchev–Trinajstić information content (AvgIpc) is 2.48. The van der Waals surface area contributed by atoms with E-state index in [1.54, 1.807) is 0 Å². The fourth-order valence-corrected chi connectivity index (χ4v) is 2.41. The van der Waals surface area contributed by atoms with Crippen LogP contribution in [-0.2, 0) is 11.2 Å². The summed E-state index contributed by atoms with van der Waals surface area (Å²) in [6, 6.07) is 16.7. The Morgan fingerprint density at radius 2 is 1.57 bits per heavy atom. The van der Waals surface area contributed by atoms with Gasteiger partial charge < -0.3 is 10.4 Å². The highest BCUT2D eigenvalue weighted by atomic mass is 127. The van der Waals surface area contributed by atoms with Crippen LogP contribution in [-0.4, -0.2) is 21.0 Å². The number of carboxylic acid groups (broad SMARTS) is 1. The van der Waals surface area contributed by atoms with Crippen LogP contribution in [0.3, 0.4) is 0 Å². The van der Waals surface area contributed by atoms with Crippen molar-refractivity contribution in [1.29, 1.82) is 0 Å². The smallest absolute Gasteiger partial charge is 0.326 e. The Balaban J connectivity index is 2.11. The Morgan fingerprint density at radius 1 is 1.00 bits per heavy atom. The van der Waals surface area contributed by atoms with Gasteiger partial charge in [0.25, 0.3) is 3.91 Å². The molecule has 0 saturated carbocycles. The predicted octanol–water partition coefficient (Wildman–Crippen LogP) is 3.49. The van der Waals surface area contributed by atoms with Crippen LogP contribution in [0.5, 0.6) is 0 Å². The van der Waals surface area contributed by atoms with Gasteiger partial charge in [-0.25, -0.2) is 4.79 Å². The monoisotopic (exact) mass is 395 g/mol. The summed E-state index contributed by atoms with van der Waals surface area (Å²) in [4.78, 5) is 22.1. The molecule has 0 spiro atoms. The Labute approximate surface area is 136 Å². The Morgan fingerprint density at radius 3 is 2.10 bits per heavy atom. The second-order valence-electron chi connectivity index (χ2n) is 4.58. The van der Waals surface area contributed by atoms with Crippen molar-refractivity contribution < 1.29 is 14.7 Å². The molecule has 0 aliphatic carbocycles. The molecule has 2 aromatic carbocycles. The summed E-state index contributed by atoms with van der Waals surface area (Å²) in [5, 5.41) is 11.5. The first kappa shape index (κ1) is 15.5. The topological polar surface area (TPSA) is 66.4 Å². The van der Waals surface area contributed by atoms with Gasteiger partial charge in [0.2, 0.25) is 0 Å². The molecule has 2 rings (SSSR count). The van der Waals surface area contributed by atoms with E-state index in [-0.39, 0.29) is 10.3 Å². The molecule has 0 unspecified atom stereocenters. The van der Waals surface area contributed by atoms with Crippen LogP contribution in [0.2, 0.25) is 0 Å². The standard InChI is InChI=1S/C16H14INO3/c17-16(21)18-14(15(19)20)10-11-6-8-13(9-7-11)12-4-2-1-3-5-12/h1-9,14H,10H2,(H,18,21)(H,19,20)/t14-/m1/s1. The number of halogens is 1. The molecule has 0 saturated heterocycles. The lowest BCUT2D eigenvalue weighted by Crippen LogP contribution is -2.39. The lowest BCUT2D eigenvalue weighted by molar-refractivity contribution is -0.139. The Kier molecular flexibility index (Phi) is 5.32. The molecule has 0 bridgehead atoms. The first-order chi connectivity index (χ1) is 10.1. The van der Waals surface area contributed by atoms with E-state index < -0.39 is 12.0 Å². The van der Waals surface area contributed by atoms with Gasteiger partial charge in [-0.1, -0.05) is 54.6 Å². The second-order valence-corrected chi connectivity index (χ2v) is 5.56. The van der Waals surface area contributed by atoms with Crippen molar-refractivity contribution in [3.8, 4) is 11.1 Å². The molecule has 0 radical (unpaired) electrons. The molecule has 0 fully saturated rings. The summed E-state index contributed by atoms with van der Waals surface area (Å²) >= 11 is 1.53. The predicted molar refractivity (Wildman–Crippen MR) is 89.6 cm³/mol. The zero-order valence-electron chi connectivity index (χ0n) is 11.1. The third-order valence-electron chi connectivity index (χ3n) is 3.09. The lowest BCUT2D eigenvalue weighted by atomic mass is 10.0. The zero-order valence-corrected chi connectivity index (χ0v) is 13.3. The van der Waals surface area contributed by atoms with Crippen LogP contribution in [0.4, 0.5) is 4.79 Å². The van der Waals surface area contributed by atoms with Gasteiger partial charge >= 0.3 is 5.97 Å². The summed E-state index contributed by atoms with van der Waals surface area (Å²) < 4.78 is -0.374. The molecule has 0 aromatic heterocycles. The minimum absolute atomic E-state index is 0.263. The highest BCUT2D eigenvalue weighted by molar-refractivity contribution is 14.1. The molecule has 21 heavy (non-hydrogen) atoms. The lowest BCUT2D eigenvalue weighted by Gasteiger charge is -2.13. The number of aliphatic carboxylic acids is 1. The number of carboxylic acids is 1. The van der Waals surface area contributed by atoms with Crippen LogP contribution in [0.15, 0.2) is 54.6 Å². The Bertz CT molecular complexity index is 626. The van der Waals surface area contributed by atoms with Crippen molar-refractivity contribution in [2.45, 2.75) is 12.5 Å². The highest BCUT2D eigenvalue weighted by Gasteiger charge is 2.19. The van der Waals surface area contributed by atoms with Crippen LogP contribution < -0.4 is 5.32 Å². The summed E-state index contributed by atoms with van der Waals surface area (Å²) in [5.74, 6) is -1.04. The maximum Gasteiger partial charge on any atom is 0.326 e. The number of benzene rings is 2. The zero-order chi connectivity index (χ0) is 15.2. The van der Waals surface area contributed by atoms with Crippen molar-refractivity contribution in [3.63, 3.8) is 0 Å². The first-order valence-corrected chi connectivity index (χ1v) is 7.47. The maximum absolute atomic E-state index is 11.1. The second kappa shape index (κ2) is 7.21. The summed E-state index contributed by atoms with van der Waals surface area (Å²) in [6.45, 7) is 0. The highest BCUT2D eigenvalue weighted by Crippen LogP contribution is 2.19. The quantitative estimate of drug-likeness (QED) is 0.463. The summed E-state index contributed by atoms with van der Waals surface area (Å²) in [6.07, 6.45) is 0.263. The van der Waals surface area contributed by atoms with E-state index in [1.807, 2.05) is 54.6 Å². The van der Waals surface area contributed by atoms with E-state index in [2.05, 4.69) is 5.32 Å². The molecular weight excluding hydrogens is 381 g/mol. The molecule has 5 heteroatoms. The fourth-order valence-electron chi connectivity index (χ4n) is 2.04. The van der Waals surface area contributed by atoms with E-state index in [4.69, 9.17) is 5.11 Å². The van der Waals surface area contributed by atoms with Crippen LogP contribution in [0, 0.1) is 0 Å². The number of hydrogen-bond donors (Lipinski definition) is 2. The molecule has 0 aliphatic rings. The number of amides is 1. The van der Waals surface area contributed by atoms with Crippen molar-refractivity contribution >= 4 is 32.5 Å². The number of carbonyl (C=O) groups is 2. The Hall–Kier alpha value is -1.89. The van der Waals surface area contributed by atoms with Gasteiger partial charge in [0.15, 0.2) is 0 Å². The average molecular weight is 395 g/mol. The third-order valence-corrected chi connectivity index (χ3v) is 3.40. The van der Waals surface area contributed by atoms with E-state index in [9.17, 15) is 9.59 Å². The van der Waals surface area contributed by atoms with Gasteiger partial charge in [-0.15, -0.1) is 0 Å². The molecule has 4 nitrogen and oxygen atoms in total. The molecule has 1 atom stereocenters. The molecule has 0 aliphatic heterocycles. The van der Waals surface area contributed by atoms with Crippen molar-refractivity contribution in [2.24, 2.45) is 0 Å². The van der Waals surface area contributed by atoms with Gasteiger partial charge in [0.05, 0.1) is 0 Å². The van der Waals surface area contributed by atoms with Gasteiger partial charge in [-0.05, 0) is 16.7 Å². The van der Waals surface area contributed by atoms with E-state index >= 15 is 0 Å². The molecule has 1 amide bonds. The normalized spacial score (nSPS) is 11.7. The van der Waals surface area contributed by atoms with Gasteiger partial charge in [-0.3, -0.25) is 4.79 Å². The van der Waals surface area contributed by atoms with E-state index in [0.717, 1.165) is 16.7 Å². The largest absolute Gasteiger partial charge is 0.480 e. The maximum atomic E-state index is 11.1. The number of rotatable bonds is 5. The molecule has 2 aromatic rings. The first-order valence-electron chi connectivity index (χ1n) is 6.39. The van der Waals surface area contributed by atoms with Crippen molar-refractivity contribution in [1.82, 2.24) is 5.32 Å². The minimum Gasteiger partial charge on any atom is -0.480 e. The number of hydrogen-bond acceptors (Lipinski definition) is 2. The van der Waals surface area contributed by atoms with Crippen molar-refractivity contribution in [2.75, 3.05) is 0 Å². The molecular formula is C16H14INO3. The SMILES string of the molecule is O=C(I)N[C@H](Cc1ccc(-c2ccccc2)cc1)C(=O)O. The summed E-state index contributed by atoms with van der Waals surface area (Å²) in [5.41, 5.74) is 3.05. The van der Waals surface area contributed by atoms with E-state index in [0.29, 0.717) is 0 Å². The van der Waals surface area contributed by atoms with Gasteiger partial charge in [-0.2, -0.15) is 0 Å². The fraction of sp³-hybridized carbons (Fsp3) is 0.125. The third kappa shape index (κ3) is 4.56. The molecule has 2 N–H and O–H groups in total. The van der Waals surface area contributed by atoms with E-state index in [1.165, 1.54) is 22.6 Å². The molecule has 108 valence electrons. The van der Waals surface area contributed by atoms with Gasteiger partial charge in [0, 0.05) is 29.0 Å². The van der Waals surface area contributed by atoms with Crippen LogP contribution in [0.1, 0.15) is 5.56 Å². The minimum atomic E-state index is -1.04. The number of carbonyl (C=O) groups excluding carboxylic acids is 1. The van der Waals surface area contributed by atoms with Crippen LogP contribution in [0.25, 0.3) is 11.1 Å². The summed E-state index contributed by atoms with van der Waals surface area (Å²) in [7, 11) is 0. The van der Waals surface area contributed by atoms with Crippen molar-refractivity contribution in [3.05, 3.63) is 60.2 Å². The number of nitrogens with one attached hydrogen (secondary N) is 1. The van der Waals surface area contributed by atoms with Crippen LogP contribution >= 0.6 is 22.6 Å². The molecule has 0 heterocycles. The van der Waals surface area contributed by atoms with Gasteiger partial charge in [0.1, 0.15) is 6.04 Å².